The molecule has 3 rings (SSSR count). The van der Waals surface area contributed by atoms with E-state index in [9.17, 15) is 5.11 Å². The molecule has 0 aliphatic rings. The lowest BCUT2D eigenvalue weighted by molar-refractivity contribution is 0.184. The van der Waals surface area contributed by atoms with E-state index in [2.05, 4.69) is 15.1 Å². The van der Waals surface area contributed by atoms with Crippen molar-refractivity contribution in [2.24, 2.45) is 0 Å². The van der Waals surface area contributed by atoms with Gasteiger partial charge in [0.05, 0.1) is 11.1 Å². The zero-order valence-corrected chi connectivity index (χ0v) is 9.74. The molecule has 5 nitrogen and oxygen atoms in total. The number of hydrogen-bond donors (Lipinski definition) is 1. The summed E-state index contributed by atoms with van der Waals surface area (Å²) >= 11 is 0. The number of aliphatic hydroxyl groups is 1. The first kappa shape index (κ1) is 10.9. The molecule has 0 saturated carbocycles. The van der Waals surface area contributed by atoms with E-state index in [4.69, 9.17) is 4.52 Å². The molecule has 18 heavy (non-hydrogen) atoms. The third kappa shape index (κ3) is 1.74. The highest BCUT2D eigenvalue weighted by atomic mass is 16.5. The summed E-state index contributed by atoms with van der Waals surface area (Å²) in [5.74, 6) is 0.646. The zero-order valence-electron chi connectivity index (χ0n) is 9.74. The minimum atomic E-state index is -0.745. The summed E-state index contributed by atoms with van der Waals surface area (Å²) in [4.78, 5) is 8.48. The summed E-state index contributed by atoms with van der Waals surface area (Å²) in [7, 11) is 0. The Hall–Kier alpha value is -2.27. The molecule has 2 heterocycles. The number of pyridine rings is 1. The van der Waals surface area contributed by atoms with Crippen LogP contribution in [-0.2, 0) is 0 Å². The van der Waals surface area contributed by atoms with Crippen LogP contribution >= 0.6 is 0 Å². The second-order valence-corrected chi connectivity index (χ2v) is 4.01. The Morgan fingerprint density at radius 3 is 2.83 bits per heavy atom. The highest BCUT2D eigenvalue weighted by Gasteiger charge is 2.14. The second-order valence-electron chi connectivity index (χ2n) is 4.01. The molecule has 0 aliphatic carbocycles. The number of aromatic nitrogens is 3. The van der Waals surface area contributed by atoms with Crippen LogP contribution in [0.25, 0.3) is 22.4 Å². The van der Waals surface area contributed by atoms with Gasteiger partial charge in [-0.15, -0.1) is 0 Å². The molecule has 90 valence electrons. The molecular formula is C13H11N3O2. The number of fused-ring (bicyclic) bond motifs is 1. The molecule has 5 heteroatoms. The molecule has 1 unspecified atom stereocenters. The minimum Gasteiger partial charge on any atom is -0.385 e. The van der Waals surface area contributed by atoms with E-state index >= 15 is 0 Å². The fourth-order valence-corrected chi connectivity index (χ4v) is 1.79. The fraction of sp³-hybridized carbons (Fsp3) is 0.154. The second kappa shape index (κ2) is 4.19. The molecular weight excluding hydrogens is 230 g/mol. The van der Waals surface area contributed by atoms with E-state index in [-0.39, 0.29) is 5.82 Å². The van der Waals surface area contributed by atoms with E-state index in [0.29, 0.717) is 5.89 Å². The Balaban J connectivity index is 2.18. The van der Waals surface area contributed by atoms with Gasteiger partial charge in [0.1, 0.15) is 6.10 Å². The van der Waals surface area contributed by atoms with Crippen molar-refractivity contribution in [1.29, 1.82) is 0 Å². The molecule has 0 fully saturated rings. The smallest absolute Gasteiger partial charge is 0.260 e. The van der Waals surface area contributed by atoms with Gasteiger partial charge in [0.2, 0.25) is 0 Å². The number of hydrogen-bond acceptors (Lipinski definition) is 5. The van der Waals surface area contributed by atoms with E-state index in [1.165, 1.54) is 0 Å². The van der Waals surface area contributed by atoms with E-state index in [1.807, 2.05) is 30.3 Å². The van der Waals surface area contributed by atoms with Gasteiger partial charge in [0, 0.05) is 11.6 Å². The van der Waals surface area contributed by atoms with Crippen LogP contribution in [0.2, 0.25) is 0 Å². The Labute approximate surface area is 103 Å². The van der Waals surface area contributed by atoms with Crippen LogP contribution in [0.4, 0.5) is 0 Å². The highest BCUT2D eigenvalue weighted by molar-refractivity contribution is 5.91. The third-order valence-corrected chi connectivity index (χ3v) is 2.68. The summed E-state index contributed by atoms with van der Waals surface area (Å²) in [6, 6.07) is 9.59. The van der Waals surface area contributed by atoms with Gasteiger partial charge >= 0.3 is 0 Å². The lowest BCUT2D eigenvalue weighted by atomic mass is 10.1. The normalized spacial score (nSPS) is 12.8. The van der Waals surface area contributed by atoms with E-state index in [0.717, 1.165) is 16.5 Å². The number of nitrogens with zero attached hydrogens (tertiary/aromatic N) is 3. The first-order chi connectivity index (χ1) is 8.75. The average molecular weight is 241 g/mol. The summed E-state index contributed by atoms with van der Waals surface area (Å²) in [5.41, 5.74) is 1.58. The summed E-state index contributed by atoms with van der Waals surface area (Å²) < 4.78 is 5.16. The highest BCUT2D eigenvalue weighted by Crippen LogP contribution is 2.26. The largest absolute Gasteiger partial charge is 0.385 e. The van der Waals surface area contributed by atoms with Gasteiger partial charge in [-0.25, -0.2) is 0 Å². The van der Waals surface area contributed by atoms with Crippen molar-refractivity contribution < 1.29 is 9.63 Å². The van der Waals surface area contributed by atoms with E-state index in [1.54, 1.807) is 13.1 Å². The number of aliphatic hydroxyl groups excluding tert-OH is 1. The number of para-hydroxylation sites is 1. The van der Waals surface area contributed by atoms with Crippen molar-refractivity contribution in [2.75, 3.05) is 0 Å². The molecule has 0 spiro atoms. The predicted octanol–water partition coefficient (Wildman–Crippen LogP) is 2.34. The van der Waals surface area contributed by atoms with Crippen LogP contribution < -0.4 is 0 Å². The topological polar surface area (TPSA) is 72.0 Å². The van der Waals surface area contributed by atoms with E-state index < -0.39 is 6.10 Å². The molecule has 0 amide bonds. The summed E-state index contributed by atoms with van der Waals surface area (Å²) in [6.45, 7) is 1.59. The van der Waals surface area contributed by atoms with Crippen molar-refractivity contribution >= 4 is 10.9 Å². The molecule has 1 aromatic carbocycles. The van der Waals surface area contributed by atoms with Gasteiger partial charge in [0.15, 0.2) is 5.82 Å². The Bertz CT molecular complexity index is 686. The lowest BCUT2D eigenvalue weighted by Gasteiger charge is -2.00. The Morgan fingerprint density at radius 1 is 1.22 bits per heavy atom. The predicted molar refractivity (Wildman–Crippen MR) is 65.7 cm³/mol. The van der Waals surface area contributed by atoms with Crippen LogP contribution in [0.3, 0.4) is 0 Å². The van der Waals surface area contributed by atoms with Gasteiger partial charge in [-0.2, -0.15) is 4.98 Å². The van der Waals surface area contributed by atoms with Crippen LogP contribution in [0.15, 0.2) is 41.1 Å². The molecule has 2 aromatic heterocycles. The quantitative estimate of drug-likeness (QED) is 0.745. The van der Waals surface area contributed by atoms with Crippen molar-refractivity contribution in [2.45, 2.75) is 13.0 Å². The number of rotatable bonds is 2. The van der Waals surface area contributed by atoms with Gasteiger partial charge in [-0.05, 0) is 19.1 Å². The summed E-state index contributed by atoms with van der Waals surface area (Å²) in [5, 5.41) is 14.1. The molecule has 0 bridgehead atoms. The third-order valence-electron chi connectivity index (χ3n) is 2.68. The average Bonchev–Trinajstić information content (AvgIpc) is 2.87. The van der Waals surface area contributed by atoms with Crippen LogP contribution in [-0.4, -0.2) is 20.2 Å². The Morgan fingerprint density at radius 2 is 2.06 bits per heavy atom. The van der Waals surface area contributed by atoms with Gasteiger partial charge in [0.25, 0.3) is 5.89 Å². The molecule has 0 saturated heterocycles. The maximum absolute atomic E-state index is 9.40. The fourth-order valence-electron chi connectivity index (χ4n) is 1.79. The maximum Gasteiger partial charge on any atom is 0.260 e. The van der Waals surface area contributed by atoms with Crippen LogP contribution in [0.1, 0.15) is 18.9 Å². The van der Waals surface area contributed by atoms with Crippen LogP contribution in [0, 0.1) is 0 Å². The first-order valence-electron chi connectivity index (χ1n) is 5.61. The van der Waals surface area contributed by atoms with Crippen LogP contribution in [0.5, 0.6) is 0 Å². The molecule has 3 aromatic rings. The molecule has 1 atom stereocenters. The standard InChI is InChI=1S/C13H11N3O2/c1-8(17)12-15-13(18-16-12)10-6-2-4-9-5-3-7-14-11(9)10/h2-8,17H,1H3. The number of benzene rings is 1. The SMILES string of the molecule is CC(O)c1noc(-c2cccc3cccnc23)n1. The van der Waals surface area contributed by atoms with Gasteiger partial charge in [-0.1, -0.05) is 23.4 Å². The molecule has 0 aliphatic heterocycles. The van der Waals surface area contributed by atoms with Crippen molar-refractivity contribution in [3.05, 3.63) is 42.4 Å². The van der Waals surface area contributed by atoms with Crippen molar-refractivity contribution in [1.82, 2.24) is 15.1 Å². The molecule has 0 radical (unpaired) electrons. The van der Waals surface area contributed by atoms with Gasteiger partial charge in [-0.3, -0.25) is 4.98 Å². The summed E-state index contributed by atoms with van der Waals surface area (Å²) in [6.07, 6.45) is 0.975. The first-order valence-corrected chi connectivity index (χ1v) is 5.61. The van der Waals surface area contributed by atoms with Gasteiger partial charge < -0.3 is 9.63 Å². The zero-order chi connectivity index (χ0) is 12.5. The molecule has 1 N–H and O–H groups in total. The minimum absolute atomic E-state index is 0.276. The Kier molecular flexibility index (Phi) is 2.53. The van der Waals surface area contributed by atoms with Crippen molar-refractivity contribution in [3.8, 4) is 11.5 Å². The lowest BCUT2D eigenvalue weighted by Crippen LogP contribution is -1.93. The van der Waals surface area contributed by atoms with Crippen molar-refractivity contribution in [3.63, 3.8) is 0 Å². The monoisotopic (exact) mass is 241 g/mol. The maximum atomic E-state index is 9.40.